The minimum atomic E-state index is -0.228. The van der Waals surface area contributed by atoms with Crippen LogP contribution < -0.4 is 11.1 Å². The van der Waals surface area contributed by atoms with Crippen LogP contribution in [-0.2, 0) is 17.6 Å². The summed E-state index contributed by atoms with van der Waals surface area (Å²) in [6.07, 6.45) is 4.64. The van der Waals surface area contributed by atoms with Crippen molar-refractivity contribution in [2.24, 2.45) is 11.8 Å². The molecule has 3 amide bonds. The summed E-state index contributed by atoms with van der Waals surface area (Å²) in [5.74, 6) is 0.290. The number of likely N-dealkylation sites (tertiary alicyclic amines) is 1. The standard InChI is InChI=1S/C25H42N6O2S/c1-4-5-7-31(25(33)27-6-8-30-11-9-28(2)10-12-30)24(32)20-14-18-13-19-15-23(26)34-22(19)16-21(18)29(3)17-20/h15,18,20-21H,4-14,16-17,26H2,1-3H3,(H,27,33)/t18-,20+,21+/m0/s1. The van der Waals surface area contributed by atoms with Crippen LogP contribution in [0.5, 0.6) is 0 Å². The van der Waals surface area contributed by atoms with Crippen molar-refractivity contribution in [3.05, 3.63) is 16.5 Å². The smallest absolute Gasteiger partial charge is 0.324 e. The van der Waals surface area contributed by atoms with Crippen LogP contribution in [0.4, 0.5) is 9.80 Å². The van der Waals surface area contributed by atoms with Gasteiger partial charge >= 0.3 is 6.03 Å². The summed E-state index contributed by atoms with van der Waals surface area (Å²) >= 11 is 1.71. The second-order valence-electron chi connectivity index (χ2n) is 10.4. The normalized spacial score (nSPS) is 26.0. The zero-order chi connectivity index (χ0) is 24.2. The SMILES string of the molecule is CCCCN(C(=O)NCCN1CCN(C)CC1)C(=O)[C@@H]1C[C@@H]2Cc3cc(N)sc3C[C@H]2N(C)C1. The Kier molecular flexibility index (Phi) is 8.50. The molecule has 190 valence electrons. The molecule has 2 aliphatic heterocycles. The van der Waals surface area contributed by atoms with E-state index in [2.05, 4.69) is 47.1 Å². The molecule has 2 fully saturated rings. The van der Waals surface area contributed by atoms with E-state index < -0.39 is 0 Å². The number of urea groups is 1. The van der Waals surface area contributed by atoms with Crippen molar-refractivity contribution in [3.63, 3.8) is 0 Å². The fourth-order valence-electron chi connectivity index (χ4n) is 5.80. The molecule has 3 aliphatic rings. The van der Waals surface area contributed by atoms with E-state index in [0.29, 0.717) is 31.6 Å². The summed E-state index contributed by atoms with van der Waals surface area (Å²) in [6.45, 7) is 8.89. The van der Waals surface area contributed by atoms with Crippen LogP contribution in [0.25, 0.3) is 0 Å². The lowest BCUT2D eigenvalue weighted by molar-refractivity contribution is -0.136. The zero-order valence-electron chi connectivity index (χ0n) is 21.1. The Morgan fingerprint density at radius 3 is 2.71 bits per heavy atom. The largest absolute Gasteiger partial charge is 0.391 e. The van der Waals surface area contributed by atoms with Gasteiger partial charge in [0.2, 0.25) is 5.91 Å². The zero-order valence-corrected chi connectivity index (χ0v) is 21.9. The van der Waals surface area contributed by atoms with Crippen LogP contribution in [0.2, 0.25) is 0 Å². The number of nitrogens with two attached hydrogens (primary N) is 1. The molecule has 8 nitrogen and oxygen atoms in total. The predicted molar refractivity (Wildman–Crippen MR) is 138 cm³/mol. The van der Waals surface area contributed by atoms with Gasteiger partial charge in [0.25, 0.3) is 0 Å². The van der Waals surface area contributed by atoms with Gasteiger partial charge in [-0.25, -0.2) is 4.79 Å². The summed E-state index contributed by atoms with van der Waals surface area (Å²) in [6, 6.07) is 2.34. The molecule has 3 atom stereocenters. The number of rotatable bonds is 7. The second-order valence-corrected chi connectivity index (χ2v) is 11.6. The topological polar surface area (TPSA) is 85.2 Å². The minimum absolute atomic E-state index is 0.00789. The van der Waals surface area contributed by atoms with E-state index in [1.54, 1.807) is 11.3 Å². The minimum Gasteiger partial charge on any atom is -0.391 e. The summed E-state index contributed by atoms with van der Waals surface area (Å²) in [5, 5.41) is 3.93. The molecule has 2 saturated heterocycles. The lowest BCUT2D eigenvalue weighted by atomic mass is 9.74. The number of fused-ring (bicyclic) bond motifs is 2. The van der Waals surface area contributed by atoms with E-state index in [-0.39, 0.29) is 17.9 Å². The van der Waals surface area contributed by atoms with Gasteiger partial charge in [0.15, 0.2) is 0 Å². The van der Waals surface area contributed by atoms with E-state index in [4.69, 9.17) is 5.73 Å². The molecule has 3 N–H and O–H groups in total. The van der Waals surface area contributed by atoms with Crippen LogP contribution >= 0.6 is 11.3 Å². The number of piperidine rings is 1. The third-order valence-corrected chi connectivity index (χ3v) is 8.92. The number of carbonyl (C=O) groups is 2. The number of hydrogen-bond donors (Lipinski definition) is 2. The Morgan fingerprint density at radius 1 is 1.21 bits per heavy atom. The molecule has 1 aliphatic carbocycles. The van der Waals surface area contributed by atoms with Gasteiger partial charge in [0.1, 0.15) is 0 Å². The number of carbonyl (C=O) groups excluding carboxylic acids is 2. The first-order valence-corrected chi connectivity index (χ1v) is 13.7. The Bertz CT molecular complexity index is 852. The van der Waals surface area contributed by atoms with E-state index in [1.165, 1.54) is 15.3 Å². The molecular formula is C25H42N6O2S. The molecular weight excluding hydrogens is 448 g/mol. The highest BCUT2D eigenvalue weighted by Crippen LogP contribution is 2.40. The molecule has 1 aromatic heterocycles. The van der Waals surface area contributed by atoms with E-state index in [1.807, 2.05) is 0 Å². The Hall–Kier alpha value is -1.68. The van der Waals surface area contributed by atoms with Gasteiger partial charge in [0, 0.05) is 63.3 Å². The average molecular weight is 491 g/mol. The summed E-state index contributed by atoms with van der Waals surface area (Å²) in [7, 11) is 4.27. The van der Waals surface area contributed by atoms with Crippen LogP contribution in [0.3, 0.4) is 0 Å². The number of hydrogen-bond acceptors (Lipinski definition) is 7. The van der Waals surface area contributed by atoms with Crippen LogP contribution in [-0.4, -0.2) is 104 Å². The van der Waals surface area contributed by atoms with Crippen molar-refractivity contribution < 1.29 is 9.59 Å². The molecule has 0 aromatic carbocycles. The predicted octanol–water partition coefficient (Wildman–Crippen LogP) is 1.95. The Labute approximate surface area is 208 Å². The Morgan fingerprint density at radius 2 is 1.97 bits per heavy atom. The monoisotopic (exact) mass is 490 g/mol. The number of nitrogen functional groups attached to an aromatic ring is 1. The average Bonchev–Trinajstić information content (AvgIpc) is 3.18. The number of piperazine rings is 1. The second kappa shape index (κ2) is 11.4. The van der Waals surface area contributed by atoms with Crippen LogP contribution in [0.15, 0.2) is 6.07 Å². The van der Waals surface area contributed by atoms with Crippen molar-refractivity contribution in [2.45, 2.75) is 45.1 Å². The number of amides is 3. The number of anilines is 1. The van der Waals surface area contributed by atoms with Crippen molar-refractivity contribution in [1.82, 2.24) is 24.9 Å². The first-order chi connectivity index (χ1) is 16.4. The molecule has 0 saturated carbocycles. The molecule has 1 aromatic rings. The first-order valence-electron chi connectivity index (χ1n) is 12.9. The van der Waals surface area contributed by atoms with Crippen molar-refractivity contribution >= 4 is 28.3 Å². The summed E-state index contributed by atoms with van der Waals surface area (Å²) in [4.78, 5) is 36.7. The number of imide groups is 1. The number of unbranched alkanes of at least 4 members (excludes halogenated alkanes) is 1. The number of nitrogens with zero attached hydrogens (tertiary/aromatic N) is 4. The lowest BCUT2D eigenvalue weighted by Crippen LogP contribution is -2.56. The highest BCUT2D eigenvalue weighted by Gasteiger charge is 2.42. The number of likely N-dealkylation sites (N-methyl/N-ethyl adjacent to an activating group) is 2. The molecule has 0 unspecified atom stereocenters. The maximum Gasteiger partial charge on any atom is 0.324 e. The van der Waals surface area contributed by atoms with Gasteiger partial charge in [-0.1, -0.05) is 13.3 Å². The van der Waals surface area contributed by atoms with Crippen molar-refractivity contribution in [2.75, 3.05) is 72.2 Å². The molecule has 0 bridgehead atoms. The highest BCUT2D eigenvalue weighted by molar-refractivity contribution is 7.16. The molecule has 34 heavy (non-hydrogen) atoms. The van der Waals surface area contributed by atoms with E-state index in [0.717, 1.165) is 69.8 Å². The van der Waals surface area contributed by atoms with E-state index >= 15 is 0 Å². The quantitative estimate of drug-likeness (QED) is 0.608. The number of nitrogens with one attached hydrogen (secondary N) is 1. The van der Waals surface area contributed by atoms with Crippen molar-refractivity contribution in [3.8, 4) is 0 Å². The maximum atomic E-state index is 13.6. The molecule has 0 radical (unpaired) electrons. The van der Waals surface area contributed by atoms with Crippen molar-refractivity contribution in [1.29, 1.82) is 0 Å². The first kappa shape index (κ1) is 25.4. The van der Waals surface area contributed by atoms with Crippen LogP contribution in [0.1, 0.15) is 36.6 Å². The van der Waals surface area contributed by atoms with Gasteiger partial charge in [0.05, 0.1) is 10.9 Å². The molecule has 3 heterocycles. The lowest BCUT2D eigenvalue weighted by Gasteiger charge is -2.45. The molecule has 0 spiro atoms. The van der Waals surface area contributed by atoms with Gasteiger partial charge in [-0.05, 0) is 57.3 Å². The third-order valence-electron chi connectivity index (χ3n) is 7.89. The summed E-state index contributed by atoms with van der Waals surface area (Å²) in [5.41, 5.74) is 7.42. The third kappa shape index (κ3) is 5.93. The van der Waals surface area contributed by atoms with Gasteiger partial charge in [-0.2, -0.15) is 0 Å². The van der Waals surface area contributed by atoms with Crippen LogP contribution in [0, 0.1) is 11.8 Å². The van der Waals surface area contributed by atoms with E-state index in [9.17, 15) is 9.59 Å². The Balaban J connectivity index is 1.35. The molecule has 4 rings (SSSR count). The maximum absolute atomic E-state index is 13.6. The van der Waals surface area contributed by atoms with Gasteiger partial charge < -0.3 is 20.9 Å². The van der Waals surface area contributed by atoms with Gasteiger partial charge in [-0.3, -0.25) is 14.6 Å². The fourth-order valence-corrected chi connectivity index (χ4v) is 6.82. The highest BCUT2D eigenvalue weighted by atomic mass is 32.1. The number of thiophene rings is 1. The van der Waals surface area contributed by atoms with Gasteiger partial charge in [-0.15, -0.1) is 11.3 Å². The fraction of sp³-hybridized carbons (Fsp3) is 0.760. The molecule has 9 heteroatoms. The summed E-state index contributed by atoms with van der Waals surface area (Å²) < 4.78 is 0.